The van der Waals surface area contributed by atoms with E-state index in [4.69, 9.17) is 0 Å². The van der Waals surface area contributed by atoms with Gasteiger partial charge in [0, 0.05) is 17.2 Å². The van der Waals surface area contributed by atoms with Gasteiger partial charge in [0.15, 0.2) is 11.4 Å². The molecular formula is C19H15N3O. The summed E-state index contributed by atoms with van der Waals surface area (Å²) in [5.74, 6) is 0.137. The molecule has 2 aromatic heterocycles. The van der Waals surface area contributed by atoms with E-state index in [0.29, 0.717) is 11.4 Å². The minimum Gasteiger partial charge on any atom is -0.504 e. The molecule has 0 bridgehead atoms. The molecule has 0 spiro atoms. The van der Waals surface area contributed by atoms with Gasteiger partial charge in [0.25, 0.3) is 0 Å². The summed E-state index contributed by atoms with van der Waals surface area (Å²) < 4.78 is 1.70. The molecule has 0 aliphatic heterocycles. The molecule has 0 aliphatic rings. The molecule has 1 N–H and O–H groups in total. The molecule has 4 nitrogen and oxygen atoms in total. The fraction of sp³-hybridized carbons (Fsp3) is 0.0526. The first kappa shape index (κ1) is 13.5. The Balaban J connectivity index is 2.09. The number of nitrogens with zero attached hydrogens (tertiary/aromatic N) is 3. The molecule has 23 heavy (non-hydrogen) atoms. The normalized spacial score (nSPS) is 11.0. The fourth-order valence-corrected chi connectivity index (χ4v) is 2.76. The van der Waals surface area contributed by atoms with Crippen molar-refractivity contribution < 1.29 is 5.11 Å². The van der Waals surface area contributed by atoms with Crippen LogP contribution in [0.5, 0.6) is 5.75 Å². The summed E-state index contributed by atoms with van der Waals surface area (Å²) in [6.07, 6.45) is 0. The predicted molar refractivity (Wildman–Crippen MR) is 90.3 cm³/mol. The van der Waals surface area contributed by atoms with E-state index in [1.165, 1.54) is 0 Å². The Hall–Kier alpha value is -3.14. The van der Waals surface area contributed by atoms with Crippen LogP contribution in [0, 0.1) is 6.92 Å². The number of rotatable bonds is 2. The highest BCUT2D eigenvalue weighted by Gasteiger charge is 2.18. The van der Waals surface area contributed by atoms with Gasteiger partial charge in [0.05, 0.1) is 5.69 Å². The third-order valence-electron chi connectivity index (χ3n) is 3.79. The van der Waals surface area contributed by atoms with Crippen molar-refractivity contribution in [2.75, 3.05) is 0 Å². The Morgan fingerprint density at radius 1 is 0.870 bits per heavy atom. The van der Waals surface area contributed by atoms with Crippen molar-refractivity contribution in [3.05, 3.63) is 72.4 Å². The first-order valence-electron chi connectivity index (χ1n) is 7.44. The first-order valence-corrected chi connectivity index (χ1v) is 7.44. The molecule has 0 radical (unpaired) electrons. The van der Waals surface area contributed by atoms with Crippen LogP contribution in [0.1, 0.15) is 5.69 Å². The van der Waals surface area contributed by atoms with Crippen LogP contribution in [-0.4, -0.2) is 19.7 Å². The van der Waals surface area contributed by atoms with Gasteiger partial charge in [-0.15, -0.1) is 0 Å². The van der Waals surface area contributed by atoms with Gasteiger partial charge < -0.3 is 5.11 Å². The number of aryl methyl sites for hydroxylation is 1. The number of hydrogen-bond donors (Lipinski definition) is 1. The smallest absolute Gasteiger partial charge is 0.168 e. The Morgan fingerprint density at radius 2 is 1.48 bits per heavy atom. The standard InChI is InChI=1S/C19H15N3O/c1-13-12-16-20-17(14-8-4-2-5-9-14)19(23)18(22(16)21-13)15-10-6-3-7-11-15/h2-12,23H,1H3. The topological polar surface area (TPSA) is 50.4 Å². The van der Waals surface area contributed by atoms with Crippen LogP contribution in [0.4, 0.5) is 0 Å². The maximum atomic E-state index is 10.9. The van der Waals surface area contributed by atoms with Crippen LogP contribution >= 0.6 is 0 Å². The second-order valence-electron chi connectivity index (χ2n) is 5.45. The lowest BCUT2D eigenvalue weighted by Gasteiger charge is -2.12. The van der Waals surface area contributed by atoms with Crippen LogP contribution in [0.3, 0.4) is 0 Å². The molecule has 0 amide bonds. The lowest BCUT2D eigenvalue weighted by molar-refractivity contribution is 0.473. The average molecular weight is 301 g/mol. The van der Waals surface area contributed by atoms with Gasteiger partial charge in [-0.3, -0.25) is 0 Å². The average Bonchev–Trinajstić information content (AvgIpc) is 2.95. The molecule has 4 rings (SSSR count). The van der Waals surface area contributed by atoms with Gasteiger partial charge in [-0.1, -0.05) is 60.7 Å². The maximum absolute atomic E-state index is 10.9. The third kappa shape index (κ3) is 2.25. The maximum Gasteiger partial charge on any atom is 0.168 e. The van der Waals surface area contributed by atoms with Crippen molar-refractivity contribution in [1.29, 1.82) is 0 Å². The summed E-state index contributed by atoms with van der Waals surface area (Å²) in [6.45, 7) is 1.92. The zero-order valence-corrected chi connectivity index (χ0v) is 12.6. The van der Waals surface area contributed by atoms with Gasteiger partial charge in [0.2, 0.25) is 0 Å². The quantitative estimate of drug-likeness (QED) is 0.607. The van der Waals surface area contributed by atoms with E-state index in [0.717, 1.165) is 22.5 Å². The van der Waals surface area contributed by atoms with Crippen LogP contribution in [0.25, 0.3) is 28.2 Å². The Morgan fingerprint density at radius 3 is 2.13 bits per heavy atom. The van der Waals surface area contributed by atoms with E-state index >= 15 is 0 Å². The van der Waals surface area contributed by atoms with Crippen molar-refractivity contribution in [3.8, 4) is 28.3 Å². The molecular weight excluding hydrogens is 286 g/mol. The summed E-state index contributed by atoms with van der Waals surface area (Å²) in [5.41, 5.74) is 4.58. The number of benzene rings is 2. The lowest BCUT2D eigenvalue weighted by atomic mass is 10.1. The summed E-state index contributed by atoms with van der Waals surface area (Å²) >= 11 is 0. The van der Waals surface area contributed by atoms with Gasteiger partial charge in [-0.2, -0.15) is 5.10 Å². The minimum absolute atomic E-state index is 0.137. The van der Waals surface area contributed by atoms with Crippen LogP contribution in [0.15, 0.2) is 66.7 Å². The monoisotopic (exact) mass is 301 g/mol. The SMILES string of the molecule is Cc1cc2nc(-c3ccccc3)c(O)c(-c3ccccc3)n2n1. The van der Waals surface area contributed by atoms with Gasteiger partial charge in [-0.05, 0) is 6.92 Å². The number of fused-ring (bicyclic) bond motifs is 1. The van der Waals surface area contributed by atoms with Crippen molar-refractivity contribution in [1.82, 2.24) is 14.6 Å². The number of aromatic nitrogens is 3. The molecule has 2 heterocycles. The summed E-state index contributed by atoms with van der Waals surface area (Å²) in [4.78, 5) is 4.60. The number of aromatic hydroxyl groups is 1. The van der Waals surface area contributed by atoms with Gasteiger partial charge in [-0.25, -0.2) is 9.50 Å². The second kappa shape index (κ2) is 5.25. The molecule has 0 aliphatic carbocycles. The molecule has 0 saturated heterocycles. The summed E-state index contributed by atoms with van der Waals surface area (Å²) in [5, 5.41) is 15.4. The summed E-state index contributed by atoms with van der Waals surface area (Å²) in [6, 6.07) is 21.4. The van der Waals surface area contributed by atoms with E-state index in [1.807, 2.05) is 73.7 Å². The first-order chi connectivity index (χ1) is 11.2. The predicted octanol–water partition coefficient (Wildman–Crippen LogP) is 4.08. The van der Waals surface area contributed by atoms with Crippen LogP contribution < -0.4 is 0 Å². The lowest BCUT2D eigenvalue weighted by Crippen LogP contribution is -1.99. The zero-order chi connectivity index (χ0) is 15.8. The molecule has 4 heteroatoms. The summed E-state index contributed by atoms with van der Waals surface area (Å²) in [7, 11) is 0. The van der Waals surface area contributed by atoms with Crippen molar-refractivity contribution in [2.45, 2.75) is 6.92 Å². The zero-order valence-electron chi connectivity index (χ0n) is 12.6. The number of hydrogen-bond acceptors (Lipinski definition) is 3. The Bertz CT molecular complexity index is 976. The van der Waals surface area contributed by atoms with Crippen LogP contribution in [0.2, 0.25) is 0 Å². The molecule has 0 saturated carbocycles. The highest BCUT2D eigenvalue weighted by atomic mass is 16.3. The molecule has 0 atom stereocenters. The molecule has 2 aromatic carbocycles. The van der Waals surface area contributed by atoms with Crippen LogP contribution in [-0.2, 0) is 0 Å². The van der Waals surface area contributed by atoms with Crippen molar-refractivity contribution in [3.63, 3.8) is 0 Å². The highest BCUT2D eigenvalue weighted by molar-refractivity contribution is 5.79. The van der Waals surface area contributed by atoms with E-state index in [1.54, 1.807) is 4.52 Å². The minimum atomic E-state index is 0.137. The van der Waals surface area contributed by atoms with Crippen molar-refractivity contribution in [2.24, 2.45) is 0 Å². The Labute approximate surface area is 133 Å². The Kier molecular flexibility index (Phi) is 3.08. The molecule has 112 valence electrons. The molecule has 4 aromatic rings. The van der Waals surface area contributed by atoms with Gasteiger partial charge in [0.1, 0.15) is 11.4 Å². The van der Waals surface area contributed by atoms with E-state index in [9.17, 15) is 5.11 Å². The van der Waals surface area contributed by atoms with Crippen molar-refractivity contribution >= 4 is 5.65 Å². The molecule has 0 unspecified atom stereocenters. The largest absolute Gasteiger partial charge is 0.504 e. The second-order valence-corrected chi connectivity index (χ2v) is 5.45. The van der Waals surface area contributed by atoms with E-state index in [2.05, 4.69) is 10.1 Å². The molecule has 0 fully saturated rings. The third-order valence-corrected chi connectivity index (χ3v) is 3.79. The highest BCUT2D eigenvalue weighted by Crippen LogP contribution is 2.37. The fourth-order valence-electron chi connectivity index (χ4n) is 2.76. The van der Waals surface area contributed by atoms with Gasteiger partial charge >= 0.3 is 0 Å². The van der Waals surface area contributed by atoms with E-state index < -0.39 is 0 Å². The van der Waals surface area contributed by atoms with E-state index in [-0.39, 0.29) is 5.75 Å².